The first kappa shape index (κ1) is 12.2. The van der Waals surface area contributed by atoms with E-state index in [1.807, 2.05) is 7.05 Å². The smallest absolute Gasteiger partial charge is 0.406 e. The van der Waals surface area contributed by atoms with Crippen LogP contribution in [0.25, 0.3) is 0 Å². The van der Waals surface area contributed by atoms with Crippen LogP contribution < -0.4 is 10.6 Å². The number of alkyl carbamates (subject to hydrolysis) is 1. The lowest BCUT2D eigenvalue weighted by Crippen LogP contribution is -2.43. The summed E-state index contributed by atoms with van der Waals surface area (Å²) in [5, 5.41) is 5.52. The Kier molecular flexibility index (Phi) is 4.77. The molecule has 2 N–H and O–H groups in total. The van der Waals surface area contributed by atoms with Crippen molar-refractivity contribution in [2.75, 3.05) is 20.7 Å². The summed E-state index contributed by atoms with van der Waals surface area (Å²) in [5.74, 6) is 0. The minimum atomic E-state index is -0.385. The third-order valence-corrected chi connectivity index (χ3v) is 1.98. The van der Waals surface area contributed by atoms with Crippen LogP contribution in [0.3, 0.4) is 0 Å². The fourth-order valence-electron chi connectivity index (χ4n) is 0.998. The normalized spacial score (nSPS) is 13.6. The fourth-order valence-corrected chi connectivity index (χ4v) is 0.998. The van der Waals surface area contributed by atoms with Gasteiger partial charge in [0.2, 0.25) is 0 Å². The zero-order chi connectivity index (χ0) is 10.5. The molecule has 4 heteroatoms. The molecule has 0 aromatic rings. The van der Waals surface area contributed by atoms with Gasteiger partial charge in [0.05, 0.1) is 0 Å². The summed E-state index contributed by atoms with van der Waals surface area (Å²) in [6, 6.07) is 0.171. The summed E-state index contributed by atoms with van der Waals surface area (Å²) in [5.41, 5.74) is 0.0861. The summed E-state index contributed by atoms with van der Waals surface area (Å²) >= 11 is 0. The first-order valence-electron chi connectivity index (χ1n) is 4.43. The number of rotatable bonds is 3. The molecule has 0 bridgehead atoms. The maximum atomic E-state index is 10.8. The van der Waals surface area contributed by atoms with Crippen molar-refractivity contribution in [2.45, 2.75) is 26.8 Å². The van der Waals surface area contributed by atoms with Gasteiger partial charge < -0.3 is 15.4 Å². The van der Waals surface area contributed by atoms with E-state index in [4.69, 9.17) is 4.74 Å². The largest absolute Gasteiger partial charge is 0.448 e. The quantitative estimate of drug-likeness (QED) is 0.694. The fraction of sp³-hybridized carbons (Fsp3) is 0.889. The molecule has 0 rings (SSSR count). The van der Waals surface area contributed by atoms with E-state index in [-0.39, 0.29) is 17.6 Å². The van der Waals surface area contributed by atoms with Gasteiger partial charge in [-0.25, -0.2) is 4.79 Å². The SMILES string of the molecule is CNC(=O)OC[C@@H](NC)C(C)(C)C. The van der Waals surface area contributed by atoms with E-state index in [9.17, 15) is 4.79 Å². The van der Waals surface area contributed by atoms with Gasteiger partial charge in [0.25, 0.3) is 0 Å². The van der Waals surface area contributed by atoms with Crippen LogP contribution in [0.2, 0.25) is 0 Å². The molecule has 0 saturated carbocycles. The third-order valence-electron chi connectivity index (χ3n) is 1.98. The molecule has 0 unspecified atom stereocenters. The van der Waals surface area contributed by atoms with Gasteiger partial charge in [0, 0.05) is 13.1 Å². The number of likely N-dealkylation sites (N-methyl/N-ethyl adjacent to an activating group) is 1. The van der Waals surface area contributed by atoms with Crippen LogP contribution in [0.15, 0.2) is 0 Å². The molecule has 1 amide bonds. The second-order valence-corrected chi connectivity index (χ2v) is 4.06. The monoisotopic (exact) mass is 188 g/mol. The van der Waals surface area contributed by atoms with Gasteiger partial charge in [-0.05, 0) is 12.5 Å². The van der Waals surface area contributed by atoms with Gasteiger partial charge in [-0.1, -0.05) is 20.8 Å². The zero-order valence-electron chi connectivity index (χ0n) is 9.10. The van der Waals surface area contributed by atoms with Crippen molar-refractivity contribution in [1.29, 1.82) is 0 Å². The molecule has 0 aliphatic rings. The lowest BCUT2D eigenvalue weighted by atomic mass is 9.87. The summed E-state index contributed by atoms with van der Waals surface area (Å²) in [6.07, 6.45) is -0.385. The van der Waals surface area contributed by atoms with Gasteiger partial charge in [0.15, 0.2) is 0 Å². The molecule has 0 fully saturated rings. The summed E-state index contributed by atoms with van der Waals surface area (Å²) in [7, 11) is 3.41. The Bertz CT molecular complexity index is 163. The van der Waals surface area contributed by atoms with Crippen LogP contribution in [-0.4, -0.2) is 32.8 Å². The molecule has 0 radical (unpaired) electrons. The van der Waals surface area contributed by atoms with Crippen LogP contribution in [0.5, 0.6) is 0 Å². The average molecular weight is 188 g/mol. The number of hydrogen-bond acceptors (Lipinski definition) is 3. The van der Waals surface area contributed by atoms with E-state index in [0.29, 0.717) is 6.61 Å². The lowest BCUT2D eigenvalue weighted by molar-refractivity contribution is 0.111. The second-order valence-electron chi connectivity index (χ2n) is 4.06. The maximum absolute atomic E-state index is 10.8. The molecule has 0 aromatic heterocycles. The molecule has 78 valence electrons. The van der Waals surface area contributed by atoms with Crippen molar-refractivity contribution < 1.29 is 9.53 Å². The molecule has 1 atom stereocenters. The zero-order valence-corrected chi connectivity index (χ0v) is 9.10. The van der Waals surface area contributed by atoms with Crippen LogP contribution >= 0.6 is 0 Å². The average Bonchev–Trinajstić information content (AvgIpc) is 2.02. The Morgan fingerprint density at radius 3 is 2.23 bits per heavy atom. The van der Waals surface area contributed by atoms with Gasteiger partial charge in [-0.2, -0.15) is 0 Å². The van der Waals surface area contributed by atoms with E-state index >= 15 is 0 Å². The molecular weight excluding hydrogens is 168 g/mol. The number of hydrogen-bond donors (Lipinski definition) is 2. The summed E-state index contributed by atoms with van der Waals surface area (Å²) in [4.78, 5) is 10.8. The molecule has 0 heterocycles. The maximum Gasteiger partial charge on any atom is 0.406 e. The summed E-state index contributed by atoms with van der Waals surface area (Å²) in [6.45, 7) is 6.68. The first-order valence-corrected chi connectivity index (χ1v) is 4.43. The highest BCUT2D eigenvalue weighted by atomic mass is 16.5. The van der Waals surface area contributed by atoms with Crippen LogP contribution in [-0.2, 0) is 4.74 Å². The van der Waals surface area contributed by atoms with Crippen molar-refractivity contribution >= 4 is 6.09 Å². The number of nitrogens with one attached hydrogen (secondary N) is 2. The van der Waals surface area contributed by atoms with E-state index in [1.165, 1.54) is 0 Å². The highest BCUT2D eigenvalue weighted by Crippen LogP contribution is 2.18. The Hall–Kier alpha value is -0.770. The van der Waals surface area contributed by atoms with Crippen LogP contribution in [0, 0.1) is 5.41 Å². The van der Waals surface area contributed by atoms with Crippen LogP contribution in [0.4, 0.5) is 4.79 Å². The van der Waals surface area contributed by atoms with E-state index in [1.54, 1.807) is 7.05 Å². The predicted octanol–water partition coefficient (Wildman–Crippen LogP) is 0.976. The van der Waals surface area contributed by atoms with Crippen molar-refractivity contribution in [3.8, 4) is 0 Å². The Labute approximate surface area is 80.0 Å². The van der Waals surface area contributed by atoms with Crippen molar-refractivity contribution in [2.24, 2.45) is 5.41 Å². The predicted molar refractivity (Wildman–Crippen MR) is 52.7 cm³/mol. The molecule has 13 heavy (non-hydrogen) atoms. The number of ether oxygens (including phenoxy) is 1. The minimum Gasteiger partial charge on any atom is -0.448 e. The molecule has 0 spiro atoms. The van der Waals surface area contributed by atoms with E-state index in [0.717, 1.165) is 0 Å². The summed E-state index contributed by atoms with van der Waals surface area (Å²) < 4.78 is 4.96. The lowest BCUT2D eigenvalue weighted by Gasteiger charge is -2.29. The Balaban J connectivity index is 3.93. The number of carbonyl (C=O) groups excluding carboxylic acids is 1. The van der Waals surface area contributed by atoms with Gasteiger partial charge in [0.1, 0.15) is 6.61 Å². The van der Waals surface area contributed by atoms with Gasteiger partial charge >= 0.3 is 6.09 Å². The molecule has 0 aliphatic carbocycles. The third kappa shape index (κ3) is 4.72. The topological polar surface area (TPSA) is 50.4 Å². The highest BCUT2D eigenvalue weighted by Gasteiger charge is 2.23. The molecule has 0 aliphatic heterocycles. The molecule has 4 nitrogen and oxygen atoms in total. The van der Waals surface area contributed by atoms with Crippen molar-refractivity contribution in [1.82, 2.24) is 10.6 Å². The Morgan fingerprint density at radius 1 is 1.38 bits per heavy atom. The molecule has 0 saturated heterocycles. The van der Waals surface area contributed by atoms with E-state index in [2.05, 4.69) is 31.4 Å². The van der Waals surface area contributed by atoms with Crippen molar-refractivity contribution in [3.63, 3.8) is 0 Å². The second kappa shape index (κ2) is 5.07. The molecule has 0 aromatic carbocycles. The Morgan fingerprint density at radius 2 is 1.92 bits per heavy atom. The van der Waals surface area contributed by atoms with E-state index < -0.39 is 0 Å². The highest BCUT2D eigenvalue weighted by molar-refractivity contribution is 5.66. The first-order chi connectivity index (χ1) is 5.91. The van der Waals surface area contributed by atoms with Gasteiger partial charge in [-0.3, -0.25) is 0 Å². The minimum absolute atomic E-state index is 0.0861. The molecular formula is C9H20N2O2. The number of carbonyl (C=O) groups is 1. The van der Waals surface area contributed by atoms with Crippen LogP contribution in [0.1, 0.15) is 20.8 Å². The van der Waals surface area contributed by atoms with Gasteiger partial charge in [-0.15, -0.1) is 0 Å². The van der Waals surface area contributed by atoms with Crippen molar-refractivity contribution in [3.05, 3.63) is 0 Å². The number of amides is 1. The standard InChI is InChI=1S/C9H20N2O2/c1-9(2,3)7(10-4)6-13-8(12)11-5/h7,10H,6H2,1-5H3,(H,11,12)/t7-/m1/s1.